The number of benzene rings is 1. The first-order valence-electron chi connectivity index (χ1n) is 7.82. The molecule has 1 saturated heterocycles. The molecule has 1 fully saturated rings. The summed E-state index contributed by atoms with van der Waals surface area (Å²) in [4.78, 5) is 15.4. The minimum Gasteiger partial charge on any atom is -0.462 e. The lowest BCUT2D eigenvalue weighted by Crippen LogP contribution is -2.22. The monoisotopic (exact) mass is 338 g/mol. The molecule has 0 spiro atoms. The van der Waals surface area contributed by atoms with Crippen molar-refractivity contribution in [2.24, 2.45) is 0 Å². The molecule has 6 nitrogen and oxygen atoms in total. The van der Waals surface area contributed by atoms with Gasteiger partial charge in [0.25, 0.3) is 0 Å². The van der Waals surface area contributed by atoms with Crippen molar-refractivity contribution in [3.8, 4) is 0 Å². The van der Waals surface area contributed by atoms with Crippen LogP contribution in [-0.4, -0.2) is 39.0 Å². The highest BCUT2D eigenvalue weighted by molar-refractivity contribution is 8.25. The molecule has 2 aromatic rings. The summed E-state index contributed by atoms with van der Waals surface area (Å²) in [6.45, 7) is 4.67. The van der Waals surface area contributed by atoms with Gasteiger partial charge >= 0.3 is 5.97 Å². The van der Waals surface area contributed by atoms with E-state index < -0.39 is 16.7 Å². The molecule has 3 N–H and O–H groups in total. The van der Waals surface area contributed by atoms with E-state index in [0.29, 0.717) is 30.2 Å². The van der Waals surface area contributed by atoms with Gasteiger partial charge in [-0.25, -0.2) is 4.79 Å². The maximum Gasteiger partial charge on any atom is 0.338 e. The number of ether oxygens (including phenoxy) is 1. The number of nitrogens with one attached hydrogen (secondary N) is 1. The van der Waals surface area contributed by atoms with Crippen molar-refractivity contribution in [1.82, 2.24) is 4.98 Å². The number of carbonyl (C=O) groups is 1. The summed E-state index contributed by atoms with van der Waals surface area (Å²) in [5.74, 6) is -0.0333. The first-order valence-corrected chi connectivity index (χ1v) is 9.50. The van der Waals surface area contributed by atoms with E-state index >= 15 is 0 Å². The molecule has 7 heteroatoms. The highest BCUT2D eigenvalue weighted by Crippen LogP contribution is 2.52. The van der Waals surface area contributed by atoms with Crippen molar-refractivity contribution in [3.63, 3.8) is 0 Å². The molecule has 23 heavy (non-hydrogen) atoms. The van der Waals surface area contributed by atoms with Crippen LogP contribution in [0.2, 0.25) is 0 Å². The van der Waals surface area contributed by atoms with E-state index in [-0.39, 0.29) is 0 Å². The number of anilines is 1. The molecular formula is C16H22N2O4S. The van der Waals surface area contributed by atoms with E-state index in [9.17, 15) is 13.9 Å². The van der Waals surface area contributed by atoms with Gasteiger partial charge in [-0.3, -0.25) is 13.4 Å². The van der Waals surface area contributed by atoms with Crippen molar-refractivity contribution in [1.29, 1.82) is 0 Å². The van der Waals surface area contributed by atoms with Gasteiger partial charge in [0.2, 0.25) is 0 Å². The van der Waals surface area contributed by atoms with Gasteiger partial charge in [-0.15, -0.1) is 10.8 Å². The highest BCUT2D eigenvalue weighted by Gasteiger charge is 2.31. The Kier molecular flexibility index (Phi) is 4.27. The third-order valence-corrected chi connectivity index (χ3v) is 6.07. The maximum absolute atomic E-state index is 12.2. The normalized spacial score (nSPS) is 18.3. The zero-order valence-corrected chi connectivity index (χ0v) is 14.2. The summed E-state index contributed by atoms with van der Waals surface area (Å²) < 4.78 is 27.3. The van der Waals surface area contributed by atoms with E-state index in [4.69, 9.17) is 4.74 Å². The van der Waals surface area contributed by atoms with Gasteiger partial charge in [0.05, 0.1) is 29.1 Å². The molecule has 2 heterocycles. The van der Waals surface area contributed by atoms with Gasteiger partial charge in [-0.2, -0.15) is 0 Å². The second-order valence-electron chi connectivity index (χ2n) is 5.60. The van der Waals surface area contributed by atoms with Crippen LogP contribution in [0.5, 0.6) is 0 Å². The van der Waals surface area contributed by atoms with E-state index in [0.717, 1.165) is 29.3 Å². The Morgan fingerprint density at radius 1 is 1.39 bits per heavy atom. The molecular weight excluding hydrogens is 316 g/mol. The van der Waals surface area contributed by atoms with Crippen LogP contribution in [0.4, 0.5) is 5.69 Å². The summed E-state index contributed by atoms with van der Waals surface area (Å²) in [6.07, 6.45) is 3.45. The molecule has 0 unspecified atom stereocenters. The smallest absolute Gasteiger partial charge is 0.338 e. The number of H-pyrrole nitrogens is 1. The molecule has 1 aliphatic rings. The summed E-state index contributed by atoms with van der Waals surface area (Å²) in [5.41, 5.74) is 3.01. The lowest BCUT2D eigenvalue weighted by atomic mass is 10.1. The van der Waals surface area contributed by atoms with Gasteiger partial charge in [0.1, 0.15) is 0 Å². The van der Waals surface area contributed by atoms with Crippen LogP contribution >= 0.6 is 10.8 Å². The average Bonchev–Trinajstić information content (AvgIpc) is 3.08. The predicted molar refractivity (Wildman–Crippen MR) is 93.3 cm³/mol. The van der Waals surface area contributed by atoms with Crippen LogP contribution in [0, 0.1) is 0 Å². The second-order valence-corrected chi connectivity index (χ2v) is 7.71. The number of esters is 1. The SMILES string of the molecule is CCOC(=O)c1cc(N2CCCS2(O)O)c2[nH]cc(CC)c2c1. The average molecular weight is 338 g/mol. The largest absolute Gasteiger partial charge is 0.462 e. The number of hydrogen-bond acceptors (Lipinski definition) is 5. The van der Waals surface area contributed by atoms with Crippen molar-refractivity contribution in [3.05, 3.63) is 29.5 Å². The van der Waals surface area contributed by atoms with Crippen molar-refractivity contribution >= 4 is 33.3 Å². The Morgan fingerprint density at radius 2 is 2.17 bits per heavy atom. The fourth-order valence-corrected chi connectivity index (χ4v) is 4.64. The minimum absolute atomic E-state index is 0.304. The van der Waals surface area contributed by atoms with Gasteiger partial charge in [0, 0.05) is 18.1 Å². The first kappa shape index (κ1) is 16.2. The number of aryl methyl sites for hydroxylation is 1. The second kappa shape index (κ2) is 6.07. The Balaban J connectivity index is 2.18. The minimum atomic E-state index is -2.82. The summed E-state index contributed by atoms with van der Waals surface area (Å²) in [6, 6.07) is 3.50. The Labute approximate surface area is 136 Å². The fraction of sp³-hybridized carbons (Fsp3) is 0.438. The quantitative estimate of drug-likeness (QED) is 0.739. The molecule has 0 radical (unpaired) electrons. The number of fused-ring (bicyclic) bond motifs is 1. The number of carbonyl (C=O) groups excluding carboxylic acids is 1. The van der Waals surface area contributed by atoms with E-state index in [1.807, 2.05) is 19.2 Å². The summed E-state index contributed by atoms with van der Waals surface area (Å²) in [7, 11) is -2.82. The zero-order valence-electron chi connectivity index (χ0n) is 13.3. The van der Waals surface area contributed by atoms with Crippen molar-refractivity contribution < 1.29 is 18.6 Å². The van der Waals surface area contributed by atoms with E-state index in [1.54, 1.807) is 17.3 Å². The Bertz CT molecular complexity index is 741. The number of aromatic nitrogens is 1. The number of aromatic amines is 1. The lowest BCUT2D eigenvalue weighted by Gasteiger charge is -2.38. The lowest BCUT2D eigenvalue weighted by molar-refractivity contribution is 0.0526. The van der Waals surface area contributed by atoms with Crippen LogP contribution in [0.15, 0.2) is 18.3 Å². The number of hydrogen-bond donors (Lipinski definition) is 3. The number of nitrogens with zero attached hydrogens (tertiary/aromatic N) is 1. The fourth-order valence-electron chi connectivity index (χ4n) is 3.03. The molecule has 1 aromatic carbocycles. The molecule has 126 valence electrons. The molecule has 0 amide bonds. The van der Waals surface area contributed by atoms with Crippen molar-refractivity contribution in [2.75, 3.05) is 23.2 Å². The van der Waals surface area contributed by atoms with Crippen LogP contribution in [0.1, 0.15) is 36.2 Å². The van der Waals surface area contributed by atoms with Gasteiger partial charge < -0.3 is 9.72 Å². The maximum atomic E-state index is 12.2. The van der Waals surface area contributed by atoms with Gasteiger partial charge in [-0.1, -0.05) is 6.92 Å². The van der Waals surface area contributed by atoms with E-state index in [1.165, 1.54) is 0 Å². The first-order chi connectivity index (χ1) is 11.0. The zero-order chi connectivity index (χ0) is 16.6. The van der Waals surface area contributed by atoms with E-state index in [2.05, 4.69) is 4.98 Å². The Morgan fingerprint density at radius 3 is 2.78 bits per heavy atom. The topological polar surface area (TPSA) is 85.8 Å². The molecule has 0 aliphatic carbocycles. The highest BCUT2D eigenvalue weighted by atomic mass is 32.3. The van der Waals surface area contributed by atoms with Crippen molar-refractivity contribution in [2.45, 2.75) is 26.7 Å². The van der Waals surface area contributed by atoms with Gasteiger partial charge in [0.15, 0.2) is 0 Å². The third kappa shape index (κ3) is 2.80. The Hall–Kier alpha value is -1.70. The molecule has 0 bridgehead atoms. The van der Waals surface area contributed by atoms with Crippen LogP contribution in [0.3, 0.4) is 0 Å². The number of rotatable bonds is 4. The van der Waals surface area contributed by atoms with Gasteiger partial charge in [-0.05, 0) is 37.5 Å². The summed E-state index contributed by atoms with van der Waals surface area (Å²) >= 11 is 0. The van der Waals surface area contributed by atoms with Crippen LogP contribution in [-0.2, 0) is 11.2 Å². The predicted octanol–water partition coefficient (Wildman–Crippen LogP) is 3.78. The molecule has 0 saturated carbocycles. The standard InChI is InChI=1S/C16H22N2O4S/c1-3-11-10-17-15-13(11)8-12(16(19)22-4-2)9-14(15)18-6-5-7-23(18,20)21/h8-10,17,20-21H,3-7H2,1-2H3. The molecule has 1 aliphatic heterocycles. The summed E-state index contributed by atoms with van der Waals surface area (Å²) in [5, 5.41) is 0.926. The molecule has 1 aromatic heterocycles. The molecule has 0 atom stereocenters. The molecule has 3 rings (SSSR count). The van der Waals surface area contributed by atoms with Crippen LogP contribution < -0.4 is 4.31 Å². The third-order valence-electron chi connectivity index (χ3n) is 4.15. The van der Waals surface area contributed by atoms with Crippen LogP contribution in [0.25, 0.3) is 10.9 Å².